The molecule has 0 bridgehead atoms. The normalized spacial score (nSPS) is 14.7. The minimum atomic E-state index is -0.785. The number of imide groups is 2. The molecule has 1 aliphatic rings. The first-order valence-electron chi connectivity index (χ1n) is 11.5. The quantitative estimate of drug-likeness (QED) is 0.191. The topological polar surface area (TPSA) is 84.9 Å². The summed E-state index contributed by atoms with van der Waals surface area (Å²) in [5, 5.41) is 2.87. The summed E-state index contributed by atoms with van der Waals surface area (Å²) < 4.78 is 12.6. The van der Waals surface area contributed by atoms with E-state index in [1.165, 1.54) is 6.08 Å². The van der Waals surface area contributed by atoms with Gasteiger partial charge >= 0.3 is 6.03 Å². The molecule has 190 valence electrons. The number of halogens is 2. The minimum Gasteiger partial charge on any atom is -0.490 e. The van der Waals surface area contributed by atoms with Crippen molar-refractivity contribution in [2.75, 3.05) is 11.5 Å². The third kappa shape index (κ3) is 5.80. The van der Waals surface area contributed by atoms with Crippen molar-refractivity contribution in [3.63, 3.8) is 0 Å². The molecule has 0 saturated carbocycles. The largest absolute Gasteiger partial charge is 0.490 e. The number of ether oxygens (including phenoxy) is 2. The van der Waals surface area contributed by atoms with Gasteiger partial charge in [0.05, 0.1) is 15.9 Å². The Morgan fingerprint density at radius 2 is 1.78 bits per heavy atom. The first kappa shape index (κ1) is 26.7. The number of urea groups is 1. The van der Waals surface area contributed by atoms with E-state index < -0.39 is 17.8 Å². The average molecular weight is 631 g/mol. The molecule has 0 unspecified atom stereocenters. The molecule has 1 heterocycles. The van der Waals surface area contributed by atoms with Crippen molar-refractivity contribution in [3.8, 4) is 11.5 Å². The summed E-state index contributed by atoms with van der Waals surface area (Å²) in [6.07, 6.45) is 1.45. The van der Waals surface area contributed by atoms with Gasteiger partial charge in [0.25, 0.3) is 11.8 Å². The number of carbonyl (C=O) groups is 3. The Kier molecular flexibility index (Phi) is 8.19. The fourth-order valence-corrected chi connectivity index (χ4v) is 4.91. The van der Waals surface area contributed by atoms with E-state index in [0.29, 0.717) is 37.9 Å². The molecular formula is C28H24ClIN2O5. The Morgan fingerprint density at radius 3 is 2.49 bits per heavy atom. The van der Waals surface area contributed by atoms with Gasteiger partial charge in [-0.05, 0) is 84.8 Å². The maximum Gasteiger partial charge on any atom is 0.335 e. The van der Waals surface area contributed by atoms with Crippen LogP contribution in [-0.4, -0.2) is 24.5 Å². The second kappa shape index (κ2) is 11.4. The molecule has 7 nitrogen and oxygen atoms in total. The number of nitrogens with zero attached hydrogens (tertiary/aromatic N) is 1. The van der Waals surface area contributed by atoms with Crippen LogP contribution in [0.15, 0.2) is 60.2 Å². The Hall–Kier alpha value is -3.37. The van der Waals surface area contributed by atoms with Gasteiger partial charge < -0.3 is 9.47 Å². The molecule has 0 spiro atoms. The predicted molar refractivity (Wildman–Crippen MR) is 151 cm³/mol. The van der Waals surface area contributed by atoms with Crippen LogP contribution < -0.4 is 19.7 Å². The molecule has 1 aliphatic heterocycles. The van der Waals surface area contributed by atoms with Crippen LogP contribution in [0.25, 0.3) is 6.08 Å². The molecule has 37 heavy (non-hydrogen) atoms. The number of nitrogens with one attached hydrogen (secondary N) is 1. The van der Waals surface area contributed by atoms with Gasteiger partial charge in [0.2, 0.25) is 0 Å². The lowest BCUT2D eigenvalue weighted by Gasteiger charge is -2.27. The van der Waals surface area contributed by atoms with E-state index in [9.17, 15) is 14.4 Å². The third-order valence-electron chi connectivity index (χ3n) is 5.67. The number of hydrogen-bond acceptors (Lipinski definition) is 5. The van der Waals surface area contributed by atoms with E-state index in [0.717, 1.165) is 21.6 Å². The average Bonchev–Trinajstić information content (AvgIpc) is 2.83. The molecule has 0 aliphatic carbocycles. The molecule has 3 aromatic rings. The summed E-state index contributed by atoms with van der Waals surface area (Å²) in [6, 6.07) is 15.5. The van der Waals surface area contributed by atoms with Gasteiger partial charge in [-0.15, -0.1) is 0 Å². The van der Waals surface area contributed by atoms with Crippen molar-refractivity contribution in [1.29, 1.82) is 0 Å². The van der Waals surface area contributed by atoms with E-state index in [1.54, 1.807) is 37.3 Å². The van der Waals surface area contributed by atoms with Crippen molar-refractivity contribution >= 4 is 63.8 Å². The highest BCUT2D eigenvalue weighted by Crippen LogP contribution is 2.36. The van der Waals surface area contributed by atoms with Gasteiger partial charge in [0.15, 0.2) is 11.5 Å². The van der Waals surface area contributed by atoms with Crippen molar-refractivity contribution in [1.82, 2.24) is 5.32 Å². The van der Waals surface area contributed by atoms with Crippen LogP contribution >= 0.6 is 34.2 Å². The number of aryl methyl sites for hydroxylation is 2. The van der Waals surface area contributed by atoms with Gasteiger partial charge in [-0.25, -0.2) is 9.69 Å². The van der Waals surface area contributed by atoms with Crippen molar-refractivity contribution in [3.05, 3.63) is 91.0 Å². The zero-order valence-electron chi connectivity index (χ0n) is 20.4. The molecule has 4 rings (SSSR count). The standard InChI is InChI=1S/C28H24ClIN2O5/c1-4-36-24-14-18(13-22(30)25(24)37-15-19-7-5-6-8-21(19)29)12-20-26(33)31-28(35)32(27(20)34)23-10-9-16(2)11-17(23)3/h5-14H,4,15H2,1-3H3,(H,31,33,35)/b20-12+. The highest BCUT2D eigenvalue weighted by Gasteiger charge is 2.37. The molecule has 1 N–H and O–H groups in total. The first-order chi connectivity index (χ1) is 17.7. The van der Waals surface area contributed by atoms with E-state index in [1.807, 2.05) is 38.1 Å². The van der Waals surface area contributed by atoms with Gasteiger partial charge in [0, 0.05) is 10.6 Å². The fourth-order valence-electron chi connectivity index (χ4n) is 3.94. The molecule has 0 aromatic heterocycles. The molecule has 9 heteroatoms. The SMILES string of the molecule is CCOc1cc(/C=C2\C(=O)NC(=O)N(c3ccc(C)cc3C)C2=O)cc(I)c1OCc1ccccc1Cl. The second-order valence-corrected chi connectivity index (χ2v) is 9.96. The highest BCUT2D eigenvalue weighted by atomic mass is 127. The number of hydrogen-bond donors (Lipinski definition) is 1. The van der Waals surface area contributed by atoms with Crippen molar-refractivity contribution < 1.29 is 23.9 Å². The smallest absolute Gasteiger partial charge is 0.335 e. The van der Waals surface area contributed by atoms with E-state index >= 15 is 0 Å². The van der Waals surface area contributed by atoms with Gasteiger partial charge in [-0.2, -0.15) is 0 Å². The van der Waals surface area contributed by atoms with Crippen LogP contribution in [-0.2, 0) is 16.2 Å². The lowest BCUT2D eigenvalue weighted by Crippen LogP contribution is -2.54. The molecular weight excluding hydrogens is 607 g/mol. The summed E-state index contributed by atoms with van der Waals surface area (Å²) >= 11 is 8.37. The Balaban J connectivity index is 1.68. The number of carbonyl (C=O) groups excluding carboxylic acids is 3. The number of rotatable bonds is 7. The zero-order chi connectivity index (χ0) is 26.7. The molecule has 1 fully saturated rings. The Morgan fingerprint density at radius 1 is 1.03 bits per heavy atom. The number of amides is 4. The van der Waals surface area contributed by atoms with E-state index in [2.05, 4.69) is 27.9 Å². The molecule has 3 aromatic carbocycles. The van der Waals surface area contributed by atoms with E-state index in [-0.39, 0.29) is 12.2 Å². The Labute approximate surface area is 233 Å². The minimum absolute atomic E-state index is 0.164. The van der Waals surface area contributed by atoms with Crippen LogP contribution in [0.3, 0.4) is 0 Å². The van der Waals surface area contributed by atoms with Crippen molar-refractivity contribution in [2.24, 2.45) is 0 Å². The summed E-state index contributed by atoms with van der Waals surface area (Å²) in [5.41, 5.74) is 3.36. The maximum absolute atomic E-state index is 13.3. The second-order valence-electron chi connectivity index (χ2n) is 8.39. The summed E-state index contributed by atoms with van der Waals surface area (Å²) in [7, 11) is 0. The highest BCUT2D eigenvalue weighted by molar-refractivity contribution is 14.1. The molecule has 0 radical (unpaired) electrons. The van der Waals surface area contributed by atoms with E-state index in [4.69, 9.17) is 21.1 Å². The fraction of sp³-hybridized carbons (Fsp3) is 0.179. The van der Waals surface area contributed by atoms with Gasteiger partial charge in [-0.3, -0.25) is 14.9 Å². The van der Waals surface area contributed by atoms with Crippen LogP contribution in [0.5, 0.6) is 11.5 Å². The summed E-state index contributed by atoms with van der Waals surface area (Å²) in [6.45, 7) is 6.20. The molecule has 1 saturated heterocycles. The van der Waals surface area contributed by atoms with Gasteiger partial charge in [0.1, 0.15) is 12.2 Å². The van der Waals surface area contributed by atoms with Gasteiger partial charge in [-0.1, -0.05) is 47.5 Å². The van der Waals surface area contributed by atoms with Crippen molar-refractivity contribution in [2.45, 2.75) is 27.4 Å². The predicted octanol–water partition coefficient (Wildman–Crippen LogP) is 6.21. The van der Waals surface area contributed by atoms with Crippen LogP contribution in [0.1, 0.15) is 29.2 Å². The van der Waals surface area contributed by atoms with Crippen LogP contribution in [0, 0.1) is 17.4 Å². The number of anilines is 1. The first-order valence-corrected chi connectivity index (χ1v) is 13.0. The van der Waals surface area contributed by atoms with Crippen LogP contribution in [0.2, 0.25) is 5.02 Å². The monoisotopic (exact) mass is 630 g/mol. The molecule has 4 amide bonds. The van der Waals surface area contributed by atoms with Crippen LogP contribution in [0.4, 0.5) is 10.5 Å². The molecule has 0 atom stereocenters. The summed E-state index contributed by atoms with van der Waals surface area (Å²) in [5.74, 6) is -0.481. The maximum atomic E-state index is 13.3. The lowest BCUT2D eigenvalue weighted by molar-refractivity contribution is -0.122. The lowest BCUT2D eigenvalue weighted by atomic mass is 10.0. The summed E-state index contributed by atoms with van der Waals surface area (Å²) in [4.78, 5) is 39.6. The zero-order valence-corrected chi connectivity index (χ0v) is 23.3. The number of benzene rings is 3. The third-order valence-corrected chi connectivity index (χ3v) is 6.84. The number of barbiturate groups is 1. The Bertz CT molecular complexity index is 1440.